The second kappa shape index (κ2) is 9.19. The minimum absolute atomic E-state index is 0.00448. The Morgan fingerprint density at radius 3 is 2.52 bits per heavy atom. The van der Waals surface area contributed by atoms with Crippen LogP contribution in [0.2, 0.25) is 0 Å². The van der Waals surface area contributed by atoms with Crippen LogP contribution in [0.25, 0.3) is 0 Å². The van der Waals surface area contributed by atoms with Crippen molar-refractivity contribution in [2.24, 2.45) is 5.41 Å². The fourth-order valence-electron chi connectivity index (χ4n) is 2.36. The number of hydrogen-bond donors (Lipinski definition) is 2. The third kappa shape index (κ3) is 7.36. The van der Waals surface area contributed by atoms with Crippen LogP contribution in [0.1, 0.15) is 39.2 Å². The van der Waals surface area contributed by atoms with E-state index >= 15 is 0 Å². The molecule has 0 aliphatic rings. The standard InChI is InChI=1S/C17H23F2NO5/c1-4-24-12-7-5-6-11(15(12)25-16(18)19)10-20-13(21)8-17(2,3)9-14(22)23/h5-7,16H,4,8-10H2,1-3H3,(H,20,21)(H,22,23). The summed E-state index contributed by atoms with van der Waals surface area (Å²) in [6.07, 6.45) is -0.157. The quantitative estimate of drug-likeness (QED) is 0.670. The van der Waals surface area contributed by atoms with Gasteiger partial charge in [0.05, 0.1) is 13.0 Å². The number of rotatable bonds is 10. The SMILES string of the molecule is CCOc1cccc(CNC(=O)CC(C)(C)CC(=O)O)c1OC(F)F. The Morgan fingerprint density at radius 1 is 1.28 bits per heavy atom. The number of para-hydroxylation sites is 1. The highest BCUT2D eigenvalue weighted by atomic mass is 19.3. The van der Waals surface area contributed by atoms with E-state index in [1.165, 1.54) is 6.07 Å². The number of nitrogens with one attached hydrogen (secondary N) is 1. The van der Waals surface area contributed by atoms with Crippen LogP contribution in [0.3, 0.4) is 0 Å². The van der Waals surface area contributed by atoms with Crippen molar-refractivity contribution in [3.63, 3.8) is 0 Å². The molecule has 0 saturated heterocycles. The highest BCUT2D eigenvalue weighted by Crippen LogP contribution is 2.33. The lowest BCUT2D eigenvalue weighted by Gasteiger charge is -2.22. The molecule has 0 aromatic heterocycles. The Labute approximate surface area is 145 Å². The fourth-order valence-corrected chi connectivity index (χ4v) is 2.36. The number of halogens is 2. The summed E-state index contributed by atoms with van der Waals surface area (Å²) in [5.74, 6) is -1.32. The van der Waals surface area contributed by atoms with E-state index in [1.54, 1.807) is 32.9 Å². The largest absolute Gasteiger partial charge is 0.490 e. The molecule has 0 aliphatic carbocycles. The summed E-state index contributed by atoms with van der Waals surface area (Å²) in [7, 11) is 0. The summed E-state index contributed by atoms with van der Waals surface area (Å²) >= 11 is 0. The summed E-state index contributed by atoms with van der Waals surface area (Å²) in [4.78, 5) is 22.8. The van der Waals surface area contributed by atoms with Gasteiger partial charge in [-0.25, -0.2) is 0 Å². The Kier molecular flexibility index (Phi) is 7.60. The molecule has 6 nitrogen and oxygen atoms in total. The molecule has 1 aromatic rings. The summed E-state index contributed by atoms with van der Waals surface area (Å²) in [6, 6.07) is 4.66. The first-order chi connectivity index (χ1) is 11.6. The van der Waals surface area contributed by atoms with Crippen molar-refractivity contribution < 1.29 is 33.0 Å². The number of carbonyl (C=O) groups is 2. The van der Waals surface area contributed by atoms with Gasteiger partial charge in [-0.2, -0.15) is 8.78 Å². The van der Waals surface area contributed by atoms with Crippen LogP contribution < -0.4 is 14.8 Å². The maximum Gasteiger partial charge on any atom is 0.387 e. The van der Waals surface area contributed by atoms with E-state index in [4.69, 9.17) is 9.84 Å². The number of alkyl halides is 2. The molecule has 0 saturated carbocycles. The third-order valence-electron chi connectivity index (χ3n) is 3.31. The predicted octanol–water partition coefficient (Wildman–Crippen LogP) is 3.19. The lowest BCUT2D eigenvalue weighted by Crippen LogP contribution is -2.30. The molecule has 2 N–H and O–H groups in total. The molecule has 0 aliphatic heterocycles. The van der Waals surface area contributed by atoms with Crippen molar-refractivity contribution >= 4 is 11.9 Å². The van der Waals surface area contributed by atoms with Gasteiger partial charge in [-0.1, -0.05) is 26.0 Å². The molecule has 1 aromatic carbocycles. The zero-order valence-corrected chi connectivity index (χ0v) is 14.5. The van der Waals surface area contributed by atoms with E-state index in [-0.39, 0.29) is 43.4 Å². The van der Waals surface area contributed by atoms with Gasteiger partial charge in [0.25, 0.3) is 0 Å². The van der Waals surface area contributed by atoms with E-state index in [2.05, 4.69) is 10.1 Å². The highest BCUT2D eigenvalue weighted by Gasteiger charge is 2.25. The van der Waals surface area contributed by atoms with Crippen LogP contribution in [-0.2, 0) is 16.1 Å². The van der Waals surface area contributed by atoms with Gasteiger partial charge in [0, 0.05) is 18.5 Å². The van der Waals surface area contributed by atoms with Gasteiger partial charge >= 0.3 is 12.6 Å². The van der Waals surface area contributed by atoms with Crippen LogP contribution in [0.15, 0.2) is 18.2 Å². The molecule has 0 unspecified atom stereocenters. The van der Waals surface area contributed by atoms with Gasteiger partial charge in [-0.15, -0.1) is 0 Å². The Bertz CT molecular complexity index is 605. The van der Waals surface area contributed by atoms with E-state index in [0.29, 0.717) is 5.56 Å². The molecule has 25 heavy (non-hydrogen) atoms. The van der Waals surface area contributed by atoms with Crippen molar-refractivity contribution in [3.05, 3.63) is 23.8 Å². The number of carboxylic acid groups (broad SMARTS) is 1. The first kappa shape index (κ1) is 20.7. The van der Waals surface area contributed by atoms with Crippen LogP contribution in [-0.4, -0.2) is 30.2 Å². The van der Waals surface area contributed by atoms with Crippen molar-refractivity contribution in [1.82, 2.24) is 5.32 Å². The molecule has 0 spiro atoms. The number of aliphatic carboxylic acids is 1. The van der Waals surface area contributed by atoms with Crippen molar-refractivity contribution in [1.29, 1.82) is 0 Å². The van der Waals surface area contributed by atoms with E-state index in [9.17, 15) is 18.4 Å². The summed E-state index contributed by atoms with van der Waals surface area (Å²) < 4.78 is 35.1. The molecule has 0 heterocycles. The minimum Gasteiger partial charge on any atom is -0.490 e. The van der Waals surface area contributed by atoms with Crippen LogP contribution >= 0.6 is 0 Å². The molecule has 140 valence electrons. The lowest BCUT2D eigenvalue weighted by atomic mass is 9.85. The molecule has 8 heteroatoms. The first-order valence-electron chi connectivity index (χ1n) is 7.82. The number of hydrogen-bond acceptors (Lipinski definition) is 4. The second-order valence-electron chi connectivity index (χ2n) is 6.24. The van der Waals surface area contributed by atoms with Crippen LogP contribution in [0, 0.1) is 5.41 Å². The Morgan fingerprint density at radius 2 is 1.96 bits per heavy atom. The smallest absolute Gasteiger partial charge is 0.387 e. The van der Waals surface area contributed by atoms with Gasteiger partial charge in [-0.05, 0) is 18.4 Å². The topological polar surface area (TPSA) is 84.9 Å². The monoisotopic (exact) mass is 359 g/mol. The molecule has 0 bridgehead atoms. The number of benzene rings is 1. The average Bonchev–Trinajstić information content (AvgIpc) is 2.45. The maximum absolute atomic E-state index is 12.6. The second-order valence-corrected chi connectivity index (χ2v) is 6.24. The molecule has 1 rings (SSSR count). The van der Waals surface area contributed by atoms with Gasteiger partial charge in [0.1, 0.15) is 0 Å². The molecule has 0 fully saturated rings. The maximum atomic E-state index is 12.6. The van der Waals surface area contributed by atoms with Gasteiger partial charge in [0.15, 0.2) is 11.5 Å². The average molecular weight is 359 g/mol. The Balaban J connectivity index is 2.80. The molecule has 1 amide bonds. The van der Waals surface area contributed by atoms with Crippen LogP contribution in [0.5, 0.6) is 11.5 Å². The molecule has 0 radical (unpaired) electrons. The summed E-state index contributed by atoms with van der Waals surface area (Å²) in [5, 5.41) is 11.4. The first-order valence-corrected chi connectivity index (χ1v) is 7.82. The highest BCUT2D eigenvalue weighted by molar-refractivity contribution is 5.78. The van der Waals surface area contributed by atoms with Crippen molar-refractivity contribution in [2.45, 2.75) is 46.8 Å². The van der Waals surface area contributed by atoms with Gasteiger partial charge in [-0.3, -0.25) is 9.59 Å². The number of carbonyl (C=O) groups excluding carboxylic acids is 1. The fraction of sp³-hybridized carbons (Fsp3) is 0.529. The summed E-state index contributed by atoms with van der Waals surface area (Å²) in [6.45, 7) is 2.27. The lowest BCUT2D eigenvalue weighted by molar-refractivity contribution is -0.139. The zero-order valence-electron chi connectivity index (χ0n) is 14.5. The van der Waals surface area contributed by atoms with E-state index < -0.39 is 18.0 Å². The normalized spacial score (nSPS) is 11.3. The van der Waals surface area contributed by atoms with Crippen LogP contribution in [0.4, 0.5) is 8.78 Å². The van der Waals surface area contributed by atoms with E-state index in [0.717, 1.165) is 0 Å². The Hall–Kier alpha value is -2.38. The number of amides is 1. The predicted molar refractivity (Wildman–Crippen MR) is 86.7 cm³/mol. The van der Waals surface area contributed by atoms with Crippen molar-refractivity contribution in [2.75, 3.05) is 6.61 Å². The van der Waals surface area contributed by atoms with Gasteiger partial charge in [0.2, 0.25) is 5.91 Å². The van der Waals surface area contributed by atoms with Gasteiger partial charge < -0.3 is 19.9 Å². The molecule has 0 atom stereocenters. The third-order valence-corrected chi connectivity index (χ3v) is 3.31. The zero-order chi connectivity index (χ0) is 19.0. The number of carboxylic acids is 1. The van der Waals surface area contributed by atoms with Crippen molar-refractivity contribution in [3.8, 4) is 11.5 Å². The summed E-state index contributed by atoms with van der Waals surface area (Å²) in [5.41, 5.74) is -0.374. The molecular formula is C17H23F2NO5. The van der Waals surface area contributed by atoms with E-state index in [1.807, 2.05) is 0 Å². The molecular weight excluding hydrogens is 336 g/mol. The minimum atomic E-state index is -3.02. The number of ether oxygens (including phenoxy) is 2.